The fraction of sp³-hybridized carbons (Fsp3) is 0.0645. The van der Waals surface area contributed by atoms with Crippen LogP contribution in [0, 0.1) is 0 Å². The predicted molar refractivity (Wildman–Crippen MR) is 158 cm³/mol. The Kier molecular flexibility index (Phi) is 8.24. The zero-order valence-corrected chi connectivity index (χ0v) is 23.1. The van der Waals surface area contributed by atoms with Crippen molar-refractivity contribution in [2.24, 2.45) is 4.99 Å². The number of amides is 1. The first kappa shape index (κ1) is 26.5. The molecule has 0 bridgehead atoms. The van der Waals surface area contributed by atoms with Crippen molar-refractivity contribution in [3.8, 4) is 5.75 Å². The molecule has 0 saturated carbocycles. The average Bonchev–Trinajstić information content (AvgIpc) is 3.23. The minimum absolute atomic E-state index is 0.181. The van der Waals surface area contributed by atoms with Crippen LogP contribution in [0.15, 0.2) is 117 Å². The Balaban J connectivity index is 1.43. The molecule has 1 N–H and O–H groups in total. The van der Waals surface area contributed by atoms with Crippen LogP contribution in [-0.2, 0) is 17.9 Å². The van der Waals surface area contributed by atoms with Gasteiger partial charge in [-0.25, -0.2) is 9.79 Å². The molecule has 0 radical (unpaired) electrons. The van der Waals surface area contributed by atoms with Gasteiger partial charge in [-0.3, -0.25) is 9.69 Å². The molecule has 1 aliphatic rings. The third-order valence-electron chi connectivity index (χ3n) is 5.92. The van der Waals surface area contributed by atoms with Crippen LogP contribution in [0.1, 0.15) is 27.0 Å². The number of hydrogen-bond donors (Lipinski definition) is 1. The number of rotatable bonds is 8. The lowest BCUT2D eigenvalue weighted by molar-refractivity contribution is -0.122. The molecule has 0 aromatic heterocycles. The Bertz CT molecular complexity index is 1550. The number of amidine groups is 1. The van der Waals surface area contributed by atoms with Crippen molar-refractivity contribution in [3.05, 3.63) is 135 Å². The molecule has 1 amide bonds. The van der Waals surface area contributed by atoms with Crippen LogP contribution in [0.5, 0.6) is 5.75 Å². The molecule has 1 aliphatic heterocycles. The van der Waals surface area contributed by atoms with E-state index in [2.05, 4.69) is 15.9 Å². The van der Waals surface area contributed by atoms with E-state index in [4.69, 9.17) is 9.73 Å². The molecule has 8 heteroatoms. The van der Waals surface area contributed by atoms with Gasteiger partial charge in [0.15, 0.2) is 5.17 Å². The van der Waals surface area contributed by atoms with Gasteiger partial charge in [0, 0.05) is 10.0 Å². The summed E-state index contributed by atoms with van der Waals surface area (Å²) in [5.74, 6) is -0.503. The second-order valence-corrected chi connectivity index (χ2v) is 10.6. The number of carbonyl (C=O) groups excluding carboxylic acids is 1. The highest BCUT2D eigenvalue weighted by Gasteiger charge is 2.33. The van der Waals surface area contributed by atoms with Crippen molar-refractivity contribution in [3.63, 3.8) is 0 Å². The molecular formula is C31H23BrN2O4S. The molecule has 0 atom stereocenters. The third kappa shape index (κ3) is 6.66. The molecule has 0 spiro atoms. The van der Waals surface area contributed by atoms with Gasteiger partial charge in [0.05, 0.1) is 22.7 Å². The van der Waals surface area contributed by atoms with E-state index in [1.54, 1.807) is 17.0 Å². The molecule has 6 nitrogen and oxygen atoms in total. The lowest BCUT2D eigenvalue weighted by atomic mass is 10.1. The molecular weight excluding hydrogens is 576 g/mol. The maximum Gasteiger partial charge on any atom is 0.335 e. The van der Waals surface area contributed by atoms with Gasteiger partial charge in [0.2, 0.25) is 0 Å². The van der Waals surface area contributed by atoms with Crippen LogP contribution in [-0.4, -0.2) is 27.1 Å². The molecule has 4 aromatic rings. The second-order valence-electron chi connectivity index (χ2n) is 8.69. The van der Waals surface area contributed by atoms with Gasteiger partial charge in [0.1, 0.15) is 12.4 Å². The summed E-state index contributed by atoms with van der Waals surface area (Å²) in [4.78, 5) is 31.8. The summed E-state index contributed by atoms with van der Waals surface area (Å²) in [5.41, 5.74) is 3.55. The number of para-hydroxylation sites is 2. The quantitative estimate of drug-likeness (QED) is 0.212. The first-order valence-corrected chi connectivity index (χ1v) is 13.7. The van der Waals surface area contributed by atoms with Crippen LogP contribution in [0.25, 0.3) is 6.08 Å². The number of carbonyl (C=O) groups is 2. The van der Waals surface area contributed by atoms with Crippen molar-refractivity contribution in [1.29, 1.82) is 0 Å². The van der Waals surface area contributed by atoms with E-state index in [9.17, 15) is 14.7 Å². The fourth-order valence-corrected chi connectivity index (χ4v) is 5.15. The smallest absolute Gasteiger partial charge is 0.335 e. The molecule has 1 heterocycles. The molecule has 5 rings (SSSR count). The van der Waals surface area contributed by atoms with Gasteiger partial charge in [-0.05, 0) is 71.4 Å². The molecule has 0 aliphatic carbocycles. The minimum atomic E-state index is -0.994. The lowest BCUT2D eigenvalue weighted by Crippen LogP contribution is -2.28. The Morgan fingerprint density at radius 2 is 1.56 bits per heavy atom. The van der Waals surface area contributed by atoms with Crippen LogP contribution in [0.2, 0.25) is 0 Å². The van der Waals surface area contributed by atoms with E-state index in [1.807, 2.05) is 84.9 Å². The maximum atomic E-state index is 13.6. The number of nitrogens with zero attached hydrogens (tertiary/aromatic N) is 2. The average molecular weight is 600 g/mol. The van der Waals surface area contributed by atoms with Crippen LogP contribution < -0.4 is 4.74 Å². The minimum Gasteiger partial charge on any atom is -0.488 e. The van der Waals surface area contributed by atoms with Crippen LogP contribution >= 0.6 is 27.7 Å². The molecule has 1 fully saturated rings. The molecule has 39 heavy (non-hydrogen) atoms. The van der Waals surface area contributed by atoms with E-state index in [1.165, 1.54) is 23.9 Å². The monoisotopic (exact) mass is 598 g/mol. The highest BCUT2D eigenvalue weighted by atomic mass is 79.9. The molecule has 1 saturated heterocycles. The van der Waals surface area contributed by atoms with E-state index >= 15 is 0 Å². The molecule has 4 aromatic carbocycles. The van der Waals surface area contributed by atoms with E-state index < -0.39 is 5.97 Å². The van der Waals surface area contributed by atoms with Crippen molar-refractivity contribution in [2.45, 2.75) is 13.2 Å². The summed E-state index contributed by atoms with van der Waals surface area (Å²) >= 11 is 4.75. The summed E-state index contributed by atoms with van der Waals surface area (Å²) < 4.78 is 7.12. The number of aliphatic imine (C=N–C) groups is 1. The Labute approximate surface area is 238 Å². The number of hydrogen-bond acceptors (Lipinski definition) is 5. The largest absolute Gasteiger partial charge is 0.488 e. The van der Waals surface area contributed by atoms with Gasteiger partial charge in [0.25, 0.3) is 5.91 Å². The molecule has 194 valence electrons. The van der Waals surface area contributed by atoms with Gasteiger partial charge >= 0.3 is 5.97 Å². The topological polar surface area (TPSA) is 79.2 Å². The first-order chi connectivity index (χ1) is 19.0. The van der Waals surface area contributed by atoms with Crippen molar-refractivity contribution in [2.75, 3.05) is 0 Å². The van der Waals surface area contributed by atoms with Crippen LogP contribution in [0.3, 0.4) is 0 Å². The van der Waals surface area contributed by atoms with Gasteiger partial charge in [-0.2, -0.15) is 0 Å². The Hall–Kier alpha value is -4.14. The SMILES string of the molecule is O=C(O)c1ccc(CN2C(=O)/C(=C/c3ccccc3OCc3ccc(Br)cc3)SC2=Nc2ccccc2)cc1. The number of carboxylic acid groups (broad SMARTS) is 1. The van der Waals surface area contributed by atoms with Crippen molar-refractivity contribution >= 4 is 56.5 Å². The number of benzene rings is 4. The lowest BCUT2D eigenvalue weighted by Gasteiger charge is -2.16. The number of halogens is 1. The molecule has 0 unspecified atom stereocenters. The first-order valence-electron chi connectivity index (χ1n) is 12.1. The summed E-state index contributed by atoms with van der Waals surface area (Å²) in [6.45, 7) is 0.657. The Morgan fingerprint density at radius 3 is 2.28 bits per heavy atom. The maximum absolute atomic E-state index is 13.6. The van der Waals surface area contributed by atoms with Gasteiger partial charge < -0.3 is 9.84 Å². The summed E-state index contributed by atoms with van der Waals surface area (Å²) in [7, 11) is 0. The van der Waals surface area contributed by atoms with E-state index in [0.29, 0.717) is 22.4 Å². The highest BCUT2D eigenvalue weighted by molar-refractivity contribution is 9.10. The standard InChI is InChI=1S/C31H23BrN2O4S/c32-25-16-12-22(13-17-25)20-38-27-9-5-4-6-24(27)18-28-29(35)34(19-21-10-14-23(15-11-21)30(36)37)31(39-28)33-26-7-2-1-3-8-26/h1-18H,19-20H2,(H,36,37)/b28-18-,33-31?. The summed E-state index contributed by atoms with van der Waals surface area (Å²) in [6, 6.07) is 31.5. The summed E-state index contributed by atoms with van der Waals surface area (Å²) in [6.07, 6.45) is 1.83. The highest BCUT2D eigenvalue weighted by Crippen LogP contribution is 2.36. The number of aromatic carboxylic acids is 1. The number of ether oxygens (including phenoxy) is 1. The van der Waals surface area contributed by atoms with Crippen molar-refractivity contribution < 1.29 is 19.4 Å². The zero-order valence-electron chi connectivity index (χ0n) is 20.7. The van der Waals surface area contributed by atoms with Crippen molar-refractivity contribution in [1.82, 2.24) is 4.90 Å². The fourth-order valence-electron chi connectivity index (χ4n) is 3.89. The second kappa shape index (κ2) is 12.1. The Morgan fingerprint density at radius 1 is 0.897 bits per heavy atom. The zero-order chi connectivity index (χ0) is 27.2. The predicted octanol–water partition coefficient (Wildman–Crippen LogP) is 7.53. The summed E-state index contributed by atoms with van der Waals surface area (Å²) in [5, 5.41) is 9.76. The van der Waals surface area contributed by atoms with Gasteiger partial charge in [-0.1, -0.05) is 76.6 Å². The van der Waals surface area contributed by atoms with E-state index in [0.717, 1.165) is 26.9 Å². The van der Waals surface area contributed by atoms with E-state index in [-0.39, 0.29) is 18.0 Å². The normalized spacial score (nSPS) is 15.2. The third-order valence-corrected chi connectivity index (χ3v) is 7.46. The number of carboxylic acids is 1. The van der Waals surface area contributed by atoms with Gasteiger partial charge in [-0.15, -0.1) is 0 Å². The number of thioether (sulfide) groups is 1. The van der Waals surface area contributed by atoms with Crippen LogP contribution in [0.4, 0.5) is 5.69 Å².